The Hall–Kier alpha value is -2.68. The number of alkyl halides is 3. The van der Waals surface area contributed by atoms with Gasteiger partial charge in [0.1, 0.15) is 10.2 Å². The van der Waals surface area contributed by atoms with Crippen LogP contribution in [0.2, 0.25) is 0 Å². The Morgan fingerprint density at radius 1 is 1.23 bits per heavy atom. The first-order chi connectivity index (χ1) is 14.3. The molecule has 0 atom stereocenters. The van der Waals surface area contributed by atoms with Crippen LogP contribution in [0.3, 0.4) is 0 Å². The van der Waals surface area contributed by atoms with Crippen LogP contribution in [0.1, 0.15) is 58.9 Å². The zero-order valence-corrected chi connectivity index (χ0v) is 17.1. The number of carbonyl (C=O) groups excluding carboxylic acids is 1. The number of hydrogen-bond acceptors (Lipinski definition) is 4. The predicted molar refractivity (Wildman–Crippen MR) is 110 cm³/mol. The third-order valence-electron chi connectivity index (χ3n) is 5.44. The normalized spacial score (nSPS) is 15.5. The molecule has 0 unspecified atom stereocenters. The summed E-state index contributed by atoms with van der Waals surface area (Å²) in [6.45, 7) is 1.71. The quantitative estimate of drug-likeness (QED) is 0.587. The molecule has 1 aromatic carbocycles. The minimum Gasteiger partial charge on any atom is -0.322 e. The number of fused-ring (bicyclic) bond motifs is 1. The maximum atomic E-state index is 13.0. The minimum absolute atomic E-state index is 0.0316. The van der Waals surface area contributed by atoms with Gasteiger partial charge in [-0.2, -0.15) is 13.2 Å². The molecule has 1 aliphatic rings. The number of halogens is 3. The zero-order valence-electron chi connectivity index (χ0n) is 16.3. The Bertz CT molecular complexity index is 1160. The fourth-order valence-electron chi connectivity index (χ4n) is 3.94. The fraction of sp³-hybridized carbons (Fsp3) is 0.381. The number of benzene rings is 1. The molecule has 1 aliphatic carbocycles. The van der Waals surface area contributed by atoms with Gasteiger partial charge in [-0.25, -0.2) is 4.98 Å². The van der Waals surface area contributed by atoms with Crippen molar-refractivity contribution in [1.29, 1.82) is 0 Å². The van der Waals surface area contributed by atoms with Gasteiger partial charge in [-0.15, -0.1) is 11.3 Å². The predicted octanol–water partition coefficient (Wildman–Crippen LogP) is 5.54. The number of rotatable bonds is 3. The molecule has 2 heterocycles. The first-order valence-electron chi connectivity index (χ1n) is 9.74. The smallest absolute Gasteiger partial charge is 0.322 e. The highest BCUT2D eigenvalue weighted by Crippen LogP contribution is 2.32. The SMILES string of the molecule is Cc1sc2c(=O)n(C3CCCCC3)cnc2c1C(=O)Nc1cccc(C(F)(F)F)c1. The van der Waals surface area contributed by atoms with E-state index in [9.17, 15) is 22.8 Å². The van der Waals surface area contributed by atoms with Gasteiger partial charge >= 0.3 is 6.18 Å². The van der Waals surface area contributed by atoms with Gasteiger partial charge in [-0.05, 0) is 38.0 Å². The molecule has 0 spiro atoms. The molecule has 0 aliphatic heterocycles. The Labute approximate surface area is 174 Å². The van der Waals surface area contributed by atoms with Crippen molar-refractivity contribution in [3.63, 3.8) is 0 Å². The molecule has 30 heavy (non-hydrogen) atoms. The van der Waals surface area contributed by atoms with E-state index in [1.54, 1.807) is 11.5 Å². The summed E-state index contributed by atoms with van der Waals surface area (Å²) < 4.78 is 40.8. The van der Waals surface area contributed by atoms with E-state index in [2.05, 4.69) is 10.3 Å². The highest BCUT2D eigenvalue weighted by Gasteiger charge is 2.31. The number of nitrogens with one attached hydrogen (secondary N) is 1. The van der Waals surface area contributed by atoms with Gasteiger partial charge in [0, 0.05) is 16.6 Å². The Morgan fingerprint density at radius 3 is 2.67 bits per heavy atom. The van der Waals surface area contributed by atoms with E-state index in [1.165, 1.54) is 36.2 Å². The molecule has 3 aromatic rings. The number of aromatic nitrogens is 2. The molecule has 1 amide bonds. The lowest BCUT2D eigenvalue weighted by Crippen LogP contribution is -2.26. The minimum atomic E-state index is -4.50. The standard InChI is InChI=1S/C21H20F3N3O2S/c1-12-16(19(28)26-14-7-5-6-13(10-14)21(22,23)24)17-18(30-12)20(29)27(11-25-17)15-8-3-2-4-9-15/h5-7,10-11,15H,2-4,8-9H2,1H3,(H,26,28). The average molecular weight is 435 g/mol. The van der Waals surface area contributed by atoms with Crippen LogP contribution in [0.15, 0.2) is 35.4 Å². The lowest BCUT2D eigenvalue weighted by molar-refractivity contribution is -0.137. The van der Waals surface area contributed by atoms with Crippen molar-refractivity contribution < 1.29 is 18.0 Å². The van der Waals surface area contributed by atoms with E-state index >= 15 is 0 Å². The largest absolute Gasteiger partial charge is 0.416 e. The van der Waals surface area contributed by atoms with Gasteiger partial charge in [0.25, 0.3) is 11.5 Å². The van der Waals surface area contributed by atoms with E-state index in [4.69, 9.17) is 0 Å². The van der Waals surface area contributed by atoms with E-state index in [-0.39, 0.29) is 22.9 Å². The fourth-order valence-corrected chi connectivity index (χ4v) is 4.99. The summed E-state index contributed by atoms with van der Waals surface area (Å²) in [5, 5.41) is 2.51. The van der Waals surface area contributed by atoms with Crippen LogP contribution in [0, 0.1) is 6.92 Å². The Balaban J connectivity index is 1.67. The summed E-state index contributed by atoms with van der Waals surface area (Å²) in [6.07, 6.45) is 2.16. The number of carbonyl (C=O) groups is 1. The van der Waals surface area contributed by atoms with Gasteiger partial charge < -0.3 is 5.32 Å². The van der Waals surface area contributed by atoms with Crippen molar-refractivity contribution >= 4 is 33.1 Å². The first kappa shape index (κ1) is 20.6. The summed E-state index contributed by atoms with van der Waals surface area (Å²) in [5.41, 5.74) is -0.470. The number of thiophene rings is 1. The Morgan fingerprint density at radius 2 is 1.97 bits per heavy atom. The van der Waals surface area contributed by atoms with Crippen LogP contribution in [0.25, 0.3) is 10.2 Å². The third kappa shape index (κ3) is 3.86. The van der Waals surface area contributed by atoms with Crippen molar-refractivity contribution in [3.05, 3.63) is 57.0 Å². The van der Waals surface area contributed by atoms with E-state index in [0.717, 1.165) is 37.8 Å². The van der Waals surface area contributed by atoms with Crippen molar-refractivity contribution in [3.8, 4) is 0 Å². The molecule has 158 valence electrons. The third-order valence-corrected chi connectivity index (χ3v) is 6.52. The molecule has 1 N–H and O–H groups in total. The number of aryl methyl sites for hydroxylation is 1. The highest BCUT2D eigenvalue weighted by molar-refractivity contribution is 7.19. The van der Waals surface area contributed by atoms with Gasteiger partial charge in [-0.1, -0.05) is 25.3 Å². The first-order valence-corrected chi connectivity index (χ1v) is 10.6. The van der Waals surface area contributed by atoms with Crippen molar-refractivity contribution in [1.82, 2.24) is 9.55 Å². The summed E-state index contributed by atoms with van der Waals surface area (Å²) in [5.74, 6) is -0.583. The molecule has 2 aromatic heterocycles. The van der Waals surface area contributed by atoms with E-state index in [1.807, 2.05) is 0 Å². The van der Waals surface area contributed by atoms with Crippen molar-refractivity contribution in [2.24, 2.45) is 0 Å². The molecular formula is C21H20F3N3O2S. The van der Waals surface area contributed by atoms with Gasteiger partial charge in [-0.3, -0.25) is 14.2 Å². The molecule has 0 radical (unpaired) electrons. The van der Waals surface area contributed by atoms with Gasteiger partial charge in [0.15, 0.2) is 0 Å². The zero-order chi connectivity index (χ0) is 21.5. The van der Waals surface area contributed by atoms with Crippen molar-refractivity contribution in [2.45, 2.75) is 51.2 Å². The lowest BCUT2D eigenvalue weighted by atomic mass is 9.95. The van der Waals surface area contributed by atoms with Crippen LogP contribution in [-0.2, 0) is 6.18 Å². The lowest BCUT2D eigenvalue weighted by Gasteiger charge is -2.23. The number of hydrogen-bond donors (Lipinski definition) is 1. The topological polar surface area (TPSA) is 64.0 Å². The van der Waals surface area contributed by atoms with Crippen LogP contribution in [0.4, 0.5) is 18.9 Å². The summed E-state index contributed by atoms with van der Waals surface area (Å²) in [4.78, 5) is 30.8. The van der Waals surface area contributed by atoms with Gasteiger partial charge in [0.2, 0.25) is 0 Å². The highest BCUT2D eigenvalue weighted by atomic mass is 32.1. The summed E-state index contributed by atoms with van der Waals surface area (Å²) >= 11 is 1.19. The van der Waals surface area contributed by atoms with E-state index in [0.29, 0.717) is 15.1 Å². The number of nitrogens with zero attached hydrogens (tertiary/aromatic N) is 2. The second-order valence-electron chi connectivity index (χ2n) is 7.49. The second kappa shape index (κ2) is 7.86. The van der Waals surface area contributed by atoms with Gasteiger partial charge in [0.05, 0.1) is 17.5 Å². The molecule has 1 saturated carbocycles. The van der Waals surface area contributed by atoms with Crippen LogP contribution >= 0.6 is 11.3 Å². The molecule has 0 saturated heterocycles. The van der Waals surface area contributed by atoms with E-state index < -0.39 is 17.6 Å². The number of anilines is 1. The van der Waals surface area contributed by atoms with Crippen LogP contribution < -0.4 is 10.9 Å². The molecule has 5 nitrogen and oxygen atoms in total. The monoisotopic (exact) mass is 435 g/mol. The maximum absolute atomic E-state index is 13.0. The second-order valence-corrected chi connectivity index (χ2v) is 8.72. The molecule has 1 fully saturated rings. The van der Waals surface area contributed by atoms with Crippen LogP contribution in [-0.4, -0.2) is 15.5 Å². The Kier molecular flexibility index (Phi) is 5.40. The maximum Gasteiger partial charge on any atom is 0.416 e. The summed E-state index contributed by atoms with van der Waals surface area (Å²) in [7, 11) is 0. The molecule has 9 heteroatoms. The molecular weight excluding hydrogens is 415 g/mol. The molecule has 0 bridgehead atoms. The van der Waals surface area contributed by atoms with Crippen molar-refractivity contribution in [2.75, 3.05) is 5.32 Å². The van der Waals surface area contributed by atoms with Crippen LogP contribution in [0.5, 0.6) is 0 Å². The summed E-state index contributed by atoms with van der Waals surface area (Å²) in [6, 6.07) is 4.56. The number of amides is 1. The average Bonchev–Trinajstić information content (AvgIpc) is 3.05. The molecule has 4 rings (SSSR count).